The van der Waals surface area contributed by atoms with Crippen molar-refractivity contribution in [3.8, 4) is 0 Å². The average molecular weight is 688 g/mol. The van der Waals surface area contributed by atoms with Gasteiger partial charge in [0.1, 0.15) is 30.0 Å². The Bertz CT molecular complexity index is 1480. The molecule has 13 nitrogen and oxygen atoms in total. The predicted octanol–water partition coefficient (Wildman–Crippen LogP) is 1.22. The first-order valence-electron chi connectivity index (χ1n) is 17.2. The van der Waals surface area contributed by atoms with Crippen LogP contribution in [0, 0.1) is 34.5 Å². The van der Waals surface area contributed by atoms with Gasteiger partial charge in [-0.25, -0.2) is 4.79 Å². The third kappa shape index (κ3) is 4.21. The molecule has 1 spiro atoms. The molecule has 49 heavy (non-hydrogen) atoms. The van der Waals surface area contributed by atoms with Crippen LogP contribution in [0.5, 0.6) is 0 Å². The molecule has 270 valence electrons. The number of rotatable bonds is 10. The zero-order valence-corrected chi connectivity index (χ0v) is 29.2. The van der Waals surface area contributed by atoms with Gasteiger partial charge < -0.3 is 43.4 Å². The van der Waals surface area contributed by atoms with E-state index in [4.69, 9.17) is 33.2 Å². The molecule has 7 rings (SSSR count). The number of hydrogen-bond donors (Lipinski definition) is 2. The highest BCUT2D eigenvalue weighted by Crippen LogP contribution is 2.80. The molecule has 5 saturated carbocycles. The van der Waals surface area contributed by atoms with Crippen molar-refractivity contribution in [1.82, 2.24) is 4.90 Å². The second-order valence-electron chi connectivity index (χ2n) is 15.0. The number of aliphatic hydroxyl groups excluding tert-OH is 1. The summed E-state index contributed by atoms with van der Waals surface area (Å²) in [5.74, 6) is -4.24. The second-order valence-corrected chi connectivity index (χ2v) is 15.0. The number of carbonyl (C=O) groups excluding carboxylic acids is 3. The van der Waals surface area contributed by atoms with E-state index in [2.05, 4.69) is 4.90 Å². The molecule has 0 amide bonds. The Hall–Kier alpha value is -2.65. The van der Waals surface area contributed by atoms with E-state index in [0.29, 0.717) is 19.5 Å². The maximum Gasteiger partial charge on any atom is 0.338 e. The molecule has 1 aromatic rings. The van der Waals surface area contributed by atoms with Crippen molar-refractivity contribution in [2.75, 3.05) is 48.1 Å². The van der Waals surface area contributed by atoms with Crippen LogP contribution in [0.25, 0.3) is 0 Å². The molecule has 1 heterocycles. The summed E-state index contributed by atoms with van der Waals surface area (Å²) in [4.78, 5) is 42.2. The van der Waals surface area contributed by atoms with Gasteiger partial charge in [0.2, 0.25) is 0 Å². The fourth-order valence-electron chi connectivity index (χ4n) is 12.7. The molecule has 7 bridgehead atoms. The average Bonchev–Trinajstić information content (AvgIpc) is 3.44. The van der Waals surface area contributed by atoms with Gasteiger partial charge in [0.15, 0.2) is 5.60 Å². The third-order valence-corrected chi connectivity index (χ3v) is 13.4. The minimum Gasteiger partial charge on any atom is -0.462 e. The lowest BCUT2D eigenvalue weighted by Gasteiger charge is -2.70. The van der Waals surface area contributed by atoms with Crippen LogP contribution in [0.4, 0.5) is 0 Å². The van der Waals surface area contributed by atoms with E-state index in [1.54, 1.807) is 51.7 Å². The smallest absolute Gasteiger partial charge is 0.338 e. The third-order valence-electron chi connectivity index (χ3n) is 13.4. The number of aliphatic hydroxyl groups is 2. The minimum absolute atomic E-state index is 0.0534. The number of piperidine rings is 1. The van der Waals surface area contributed by atoms with E-state index >= 15 is 0 Å². The molecule has 1 aliphatic heterocycles. The summed E-state index contributed by atoms with van der Waals surface area (Å²) in [6.07, 6.45) is -5.45. The fraction of sp³-hybridized carbons (Fsp3) is 0.750. The number of benzene rings is 1. The van der Waals surface area contributed by atoms with Crippen LogP contribution in [0.15, 0.2) is 30.3 Å². The van der Waals surface area contributed by atoms with Crippen molar-refractivity contribution in [2.24, 2.45) is 34.5 Å². The molecule has 0 radical (unpaired) electrons. The normalized spacial score (nSPS) is 47.4. The first kappa shape index (κ1) is 34.8. The van der Waals surface area contributed by atoms with Crippen LogP contribution < -0.4 is 0 Å². The van der Waals surface area contributed by atoms with Gasteiger partial charge in [0.25, 0.3) is 0 Å². The Kier molecular flexibility index (Phi) is 8.49. The Morgan fingerprint density at radius 3 is 2.20 bits per heavy atom. The zero-order chi connectivity index (χ0) is 35.3. The molecule has 6 aliphatic rings. The van der Waals surface area contributed by atoms with E-state index in [9.17, 15) is 24.6 Å². The molecule has 15 atom stereocenters. The number of methoxy groups -OCH3 is 4. The molecule has 10 unspecified atom stereocenters. The van der Waals surface area contributed by atoms with Gasteiger partial charge in [-0.15, -0.1) is 0 Å². The highest BCUT2D eigenvalue weighted by Gasteiger charge is 2.92. The molecule has 1 saturated heterocycles. The van der Waals surface area contributed by atoms with Crippen molar-refractivity contribution in [2.45, 2.75) is 87.5 Å². The number of hydrogen-bond acceptors (Lipinski definition) is 13. The number of fused-ring (bicyclic) bond motifs is 2. The molecule has 1 aromatic carbocycles. The van der Waals surface area contributed by atoms with Crippen molar-refractivity contribution in [3.63, 3.8) is 0 Å². The summed E-state index contributed by atoms with van der Waals surface area (Å²) in [5, 5.41) is 25.5. The molecule has 2 N–H and O–H groups in total. The Balaban J connectivity index is 1.53. The second kappa shape index (κ2) is 12.0. The quantitative estimate of drug-likeness (QED) is 0.267. The standard InChI is InChI=1S/C36H49NO12/c1-8-37-16-33(17-43-4)22(47-18(2)38)14-23(44-5)35-21-15-34(42)30(48-32(41)20-12-10-9-11-13-20)24(21)36(49-19(3)39,29(40)31(34)46-7)25(28(35)37)26(45-6)27(33)35/h9-13,21-31,40,42H,8,14-17H2,1-7H3/t21?,22-,23?,24?,25?,26?,27?,28?,29+,30?,31?,33+,34-,35+,36?/m1/s1. The topological polar surface area (TPSA) is 160 Å². The minimum atomic E-state index is -1.86. The Morgan fingerprint density at radius 1 is 0.918 bits per heavy atom. The molecule has 0 aromatic heterocycles. The van der Waals surface area contributed by atoms with Crippen LogP contribution in [0.1, 0.15) is 44.0 Å². The summed E-state index contributed by atoms with van der Waals surface area (Å²) in [7, 11) is 6.25. The summed E-state index contributed by atoms with van der Waals surface area (Å²) in [6, 6.07) is 8.12. The van der Waals surface area contributed by atoms with Crippen molar-refractivity contribution in [3.05, 3.63) is 35.9 Å². The van der Waals surface area contributed by atoms with Crippen LogP contribution in [0.2, 0.25) is 0 Å². The summed E-state index contributed by atoms with van der Waals surface area (Å²) in [6.45, 7) is 5.99. The maximum atomic E-state index is 13.8. The van der Waals surface area contributed by atoms with E-state index < -0.39 is 100 Å². The van der Waals surface area contributed by atoms with E-state index in [-0.39, 0.29) is 24.6 Å². The van der Waals surface area contributed by atoms with Gasteiger partial charge in [-0.1, -0.05) is 25.1 Å². The van der Waals surface area contributed by atoms with Gasteiger partial charge in [0, 0.05) is 89.9 Å². The number of carbonyl (C=O) groups is 3. The van der Waals surface area contributed by atoms with Crippen molar-refractivity contribution in [1.29, 1.82) is 0 Å². The van der Waals surface area contributed by atoms with Gasteiger partial charge >= 0.3 is 17.9 Å². The van der Waals surface area contributed by atoms with Crippen LogP contribution in [0.3, 0.4) is 0 Å². The van der Waals surface area contributed by atoms with E-state index in [1.165, 1.54) is 21.0 Å². The molecule has 13 heteroatoms. The van der Waals surface area contributed by atoms with Crippen molar-refractivity contribution >= 4 is 17.9 Å². The van der Waals surface area contributed by atoms with E-state index in [1.807, 2.05) is 6.92 Å². The molecular weight excluding hydrogens is 638 g/mol. The van der Waals surface area contributed by atoms with Gasteiger partial charge in [0.05, 0.1) is 24.4 Å². The molecule has 5 aliphatic carbocycles. The predicted molar refractivity (Wildman–Crippen MR) is 170 cm³/mol. The first-order valence-corrected chi connectivity index (χ1v) is 17.2. The summed E-state index contributed by atoms with van der Waals surface area (Å²) < 4.78 is 43.9. The fourth-order valence-corrected chi connectivity index (χ4v) is 12.7. The number of esters is 3. The van der Waals surface area contributed by atoms with Crippen LogP contribution in [-0.2, 0) is 42.7 Å². The Labute approximate surface area is 286 Å². The van der Waals surface area contributed by atoms with Crippen molar-refractivity contribution < 1.29 is 57.8 Å². The van der Waals surface area contributed by atoms with Gasteiger partial charge in [-0.05, 0) is 31.0 Å². The van der Waals surface area contributed by atoms with Crippen LogP contribution in [-0.4, -0.2) is 135 Å². The van der Waals surface area contributed by atoms with Crippen LogP contribution >= 0.6 is 0 Å². The SMILES string of the molecule is CCN1C[C@@]2(COC)C3C(OC)C4C1[C@]3(C(OC)C[C@H]2OC(C)=O)C1C[C@@]2(O)C(OC(=O)c3ccccc3)C1C4(OC(C)=O)[C@@H](O)C2OC. The number of nitrogens with zero attached hydrogens (tertiary/aromatic N) is 1. The summed E-state index contributed by atoms with van der Waals surface area (Å²) in [5.41, 5.74) is -4.92. The highest BCUT2D eigenvalue weighted by molar-refractivity contribution is 5.89. The lowest BCUT2D eigenvalue weighted by molar-refractivity contribution is -0.322. The number of likely N-dealkylation sites (tertiary alicyclic amines) is 1. The number of ether oxygens (including phenoxy) is 7. The lowest BCUT2D eigenvalue weighted by atomic mass is 9.42. The highest BCUT2D eigenvalue weighted by atomic mass is 16.6. The Morgan fingerprint density at radius 2 is 1.63 bits per heavy atom. The monoisotopic (exact) mass is 687 g/mol. The largest absolute Gasteiger partial charge is 0.462 e. The first-order chi connectivity index (χ1) is 23.4. The van der Waals surface area contributed by atoms with Gasteiger partial charge in [-0.2, -0.15) is 0 Å². The van der Waals surface area contributed by atoms with E-state index in [0.717, 1.165) is 0 Å². The lowest BCUT2D eigenvalue weighted by Crippen LogP contribution is -2.81. The molecule has 6 fully saturated rings. The van der Waals surface area contributed by atoms with Gasteiger partial charge in [-0.3, -0.25) is 14.5 Å². The maximum absolute atomic E-state index is 13.8. The zero-order valence-electron chi connectivity index (χ0n) is 29.2. The molecular formula is C36H49NO12. The summed E-state index contributed by atoms with van der Waals surface area (Å²) >= 11 is 0.